The highest BCUT2D eigenvalue weighted by atomic mass is 32.2. The van der Waals surface area contributed by atoms with E-state index in [1.54, 1.807) is 12.1 Å². The average molecular weight is 575 g/mol. The zero-order chi connectivity index (χ0) is 28.2. The maximum absolute atomic E-state index is 13.2. The molecule has 0 saturated carbocycles. The van der Waals surface area contributed by atoms with Crippen molar-refractivity contribution in [3.8, 4) is 0 Å². The molecular weight excluding hydrogens is 542 g/mol. The summed E-state index contributed by atoms with van der Waals surface area (Å²) in [4.78, 5) is 19.5. The van der Waals surface area contributed by atoms with E-state index in [4.69, 9.17) is 0 Å². The Bertz CT molecular complexity index is 1090. The van der Waals surface area contributed by atoms with Gasteiger partial charge in [0.2, 0.25) is 5.91 Å². The number of piperazine rings is 1. The molecule has 5 nitrogen and oxygen atoms in total. The molecule has 0 radical (unpaired) electrons. The minimum absolute atomic E-state index is 0.0169. The summed E-state index contributed by atoms with van der Waals surface area (Å²) in [5.41, 5.74) is -3.51. The van der Waals surface area contributed by atoms with E-state index in [2.05, 4.69) is 15.1 Å². The number of hydrogen-bond donors (Lipinski definition) is 1. The number of amides is 1. The van der Waals surface area contributed by atoms with Crippen LogP contribution in [0, 0.1) is 5.92 Å². The number of anilines is 2. The Kier molecular flexibility index (Phi) is 9.25. The van der Waals surface area contributed by atoms with Gasteiger partial charge in [0.25, 0.3) is 0 Å². The molecule has 1 N–H and O–H groups in total. The van der Waals surface area contributed by atoms with E-state index in [1.807, 2.05) is 11.8 Å². The van der Waals surface area contributed by atoms with Crippen LogP contribution in [0.25, 0.3) is 0 Å². The molecule has 2 aliphatic heterocycles. The third-order valence-corrected chi connectivity index (χ3v) is 7.82. The summed E-state index contributed by atoms with van der Waals surface area (Å²) in [6.07, 6.45) is -2.65. The van der Waals surface area contributed by atoms with Crippen LogP contribution in [0.4, 0.5) is 37.7 Å². The molecule has 2 atom stereocenters. The van der Waals surface area contributed by atoms with Gasteiger partial charge in [-0.1, -0.05) is 6.92 Å². The fourth-order valence-corrected chi connectivity index (χ4v) is 5.65. The van der Waals surface area contributed by atoms with E-state index in [1.165, 1.54) is 24.3 Å². The number of hydrogen-bond acceptors (Lipinski definition) is 5. The van der Waals surface area contributed by atoms with Crippen LogP contribution in [-0.4, -0.2) is 73.1 Å². The summed E-state index contributed by atoms with van der Waals surface area (Å²) < 4.78 is 76.1. The Hall–Kier alpha value is -2.60. The van der Waals surface area contributed by atoms with Gasteiger partial charge in [-0.15, -0.1) is 0 Å². The van der Waals surface area contributed by atoms with Crippen molar-refractivity contribution in [2.24, 2.45) is 5.92 Å². The first-order valence-electron chi connectivity index (χ1n) is 12.9. The Balaban J connectivity index is 1.23. The molecule has 0 aromatic heterocycles. The maximum atomic E-state index is 13.2. The standard InChI is InChI=1S/C27H32F6N4OS/c1-19(17-35-13-15-36(16-14-35)23-8-4-20(5-9-23)26(28,29)30)25(38)37-12-2-3-22(18-37)34-21-6-10-24(11-7-21)39-27(31,32)33/h4-11,19,22,34H,2-3,12-18H2,1H3. The third kappa shape index (κ3) is 8.44. The van der Waals surface area contributed by atoms with Gasteiger partial charge in [-0.2, -0.15) is 26.3 Å². The molecule has 2 aromatic carbocycles. The number of alkyl halides is 6. The molecule has 2 unspecified atom stereocenters. The molecule has 12 heteroatoms. The van der Waals surface area contributed by atoms with E-state index in [0.717, 1.165) is 36.3 Å². The molecule has 0 bridgehead atoms. The molecule has 0 aliphatic carbocycles. The lowest BCUT2D eigenvalue weighted by Gasteiger charge is -2.39. The molecule has 214 valence electrons. The van der Waals surface area contributed by atoms with Crippen LogP contribution >= 0.6 is 11.8 Å². The summed E-state index contributed by atoms with van der Waals surface area (Å²) in [6.45, 7) is 6.49. The Morgan fingerprint density at radius 3 is 2.18 bits per heavy atom. The number of likely N-dealkylation sites (tertiary alicyclic amines) is 1. The number of carbonyl (C=O) groups is 1. The Labute approximate surface area is 228 Å². The molecule has 2 aromatic rings. The fraction of sp³-hybridized carbons (Fsp3) is 0.519. The molecule has 39 heavy (non-hydrogen) atoms. The number of nitrogens with zero attached hydrogens (tertiary/aromatic N) is 3. The highest BCUT2D eigenvalue weighted by Crippen LogP contribution is 2.37. The second kappa shape index (κ2) is 12.3. The molecule has 4 rings (SSSR count). The van der Waals surface area contributed by atoms with Crippen LogP contribution in [0.5, 0.6) is 0 Å². The van der Waals surface area contributed by atoms with Crippen LogP contribution < -0.4 is 10.2 Å². The van der Waals surface area contributed by atoms with Gasteiger partial charge in [0, 0.05) is 74.0 Å². The van der Waals surface area contributed by atoms with Crippen molar-refractivity contribution in [1.82, 2.24) is 9.80 Å². The normalized spacial score (nSPS) is 20.1. The van der Waals surface area contributed by atoms with Gasteiger partial charge < -0.3 is 15.1 Å². The summed E-state index contributed by atoms with van der Waals surface area (Å²) in [6, 6.07) is 11.4. The van der Waals surface area contributed by atoms with Crippen LogP contribution in [0.3, 0.4) is 0 Å². The van der Waals surface area contributed by atoms with E-state index in [9.17, 15) is 31.1 Å². The molecule has 2 aliphatic rings. The second-order valence-electron chi connectivity index (χ2n) is 10.1. The molecule has 2 fully saturated rings. The second-order valence-corrected chi connectivity index (χ2v) is 11.2. The predicted molar refractivity (Wildman–Crippen MR) is 141 cm³/mol. The Morgan fingerprint density at radius 2 is 1.59 bits per heavy atom. The number of halogens is 6. The molecule has 2 saturated heterocycles. The van der Waals surface area contributed by atoms with Crippen molar-refractivity contribution >= 4 is 29.0 Å². The van der Waals surface area contributed by atoms with E-state index in [-0.39, 0.29) is 34.5 Å². The van der Waals surface area contributed by atoms with Gasteiger partial charge in [0.15, 0.2) is 0 Å². The van der Waals surface area contributed by atoms with Crippen LogP contribution in [0.2, 0.25) is 0 Å². The summed E-state index contributed by atoms with van der Waals surface area (Å²) >= 11 is -0.147. The van der Waals surface area contributed by atoms with Crippen molar-refractivity contribution < 1.29 is 31.1 Å². The van der Waals surface area contributed by atoms with Gasteiger partial charge in [-0.3, -0.25) is 9.69 Å². The minimum Gasteiger partial charge on any atom is -0.381 e. The molecule has 2 heterocycles. The third-order valence-electron chi connectivity index (χ3n) is 7.08. The monoisotopic (exact) mass is 574 g/mol. The predicted octanol–water partition coefficient (Wildman–Crippen LogP) is 6.18. The van der Waals surface area contributed by atoms with Crippen molar-refractivity contribution in [3.05, 3.63) is 54.1 Å². The lowest BCUT2D eigenvalue weighted by atomic mass is 10.0. The van der Waals surface area contributed by atoms with Gasteiger partial charge in [-0.05, 0) is 73.1 Å². The van der Waals surface area contributed by atoms with Crippen LogP contribution in [0.15, 0.2) is 53.4 Å². The van der Waals surface area contributed by atoms with Crippen molar-refractivity contribution in [2.45, 2.75) is 42.4 Å². The highest BCUT2D eigenvalue weighted by molar-refractivity contribution is 8.00. The van der Waals surface area contributed by atoms with E-state index >= 15 is 0 Å². The summed E-state index contributed by atoms with van der Waals surface area (Å²) in [5.74, 6) is -0.136. The highest BCUT2D eigenvalue weighted by Gasteiger charge is 2.32. The van der Waals surface area contributed by atoms with Gasteiger partial charge in [0.05, 0.1) is 5.56 Å². The quantitative estimate of drug-likeness (QED) is 0.316. The fourth-order valence-electron chi connectivity index (χ4n) is 5.11. The number of rotatable bonds is 7. The zero-order valence-corrected chi connectivity index (χ0v) is 22.4. The zero-order valence-electron chi connectivity index (χ0n) is 21.6. The van der Waals surface area contributed by atoms with E-state index in [0.29, 0.717) is 45.8 Å². The number of nitrogens with one attached hydrogen (secondary N) is 1. The lowest BCUT2D eigenvalue weighted by molar-refractivity contribution is -0.138. The van der Waals surface area contributed by atoms with Crippen LogP contribution in [-0.2, 0) is 11.0 Å². The summed E-state index contributed by atoms with van der Waals surface area (Å²) in [5, 5.41) is 3.35. The number of benzene rings is 2. The first-order valence-corrected chi connectivity index (χ1v) is 13.7. The first kappa shape index (κ1) is 29.4. The Morgan fingerprint density at radius 1 is 0.949 bits per heavy atom. The number of thioether (sulfide) groups is 1. The smallest absolute Gasteiger partial charge is 0.381 e. The average Bonchev–Trinajstić information content (AvgIpc) is 2.89. The van der Waals surface area contributed by atoms with Gasteiger partial charge >= 0.3 is 11.7 Å². The minimum atomic E-state index is -4.35. The van der Waals surface area contributed by atoms with Crippen molar-refractivity contribution in [2.75, 3.05) is 56.0 Å². The molecular formula is C27H32F6N4OS. The molecule has 0 spiro atoms. The number of carbonyl (C=O) groups excluding carboxylic acids is 1. The first-order chi connectivity index (χ1) is 18.4. The molecule has 1 amide bonds. The lowest BCUT2D eigenvalue weighted by Crippen LogP contribution is -2.51. The van der Waals surface area contributed by atoms with Gasteiger partial charge in [-0.25, -0.2) is 0 Å². The van der Waals surface area contributed by atoms with Gasteiger partial charge in [0.1, 0.15) is 0 Å². The van der Waals surface area contributed by atoms with Crippen molar-refractivity contribution in [1.29, 1.82) is 0 Å². The maximum Gasteiger partial charge on any atom is 0.446 e. The van der Waals surface area contributed by atoms with Crippen LogP contribution in [0.1, 0.15) is 25.3 Å². The van der Waals surface area contributed by atoms with Crippen molar-refractivity contribution in [3.63, 3.8) is 0 Å². The van der Waals surface area contributed by atoms with E-state index < -0.39 is 17.2 Å². The SMILES string of the molecule is CC(CN1CCN(c2ccc(C(F)(F)F)cc2)CC1)C(=O)N1CCCC(Nc2ccc(SC(F)(F)F)cc2)C1. The summed E-state index contributed by atoms with van der Waals surface area (Å²) in [7, 11) is 0. The largest absolute Gasteiger partial charge is 0.446 e. The topological polar surface area (TPSA) is 38.8 Å². The number of piperidine rings is 1.